The van der Waals surface area contributed by atoms with E-state index < -0.39 is 5.97 Å². The van der Waals surface area contributed by atoms with Gasteiger partial charge in [-0.1, -0.05) is 123 Å². The van der Waals surface area contributed by atoms with E-state index in [1.807, 2.05) is 0 Å². The number of carbonyl (C=O) groups excluding carboxylic acids is 1. The van der Waals surface area contributed by atoms with Crippen LogP contribution in [0.4, 0.5) is 0 Å². The Balaban J connectivity index is 0. The van der Waals surface area contributed by atoms with E-state index in [1.54, 1.807) is 0 Å². The van der Waals surface area contributed by atoms with Gasteiger partial charge >= 0.3 is 5.97 Å². The summed E-state index contributed by atoms with van der Waals surface area (Å²) in [5, 5.41) is 7.42. The van der Waals surface area contributed by atoms with Gasteiger partial charge in [-0.25, -0.2) is 0 Å². The Kier molecular flexibility index (Phi) is 26.5. The highest BCUT2D eigenvalue weighted by atomic mass is 16.5. The topological polar surface area (TPSA) is 63.6 Å². The maximum atomic E-state index is 11.1. The Labute approximate surface area is 186 Å². The number of rotatable bonds is 20. The maximum Gasteiger partial charge on any atom is 0.310 e. The molecule has 0 aromatic carbocycles. The van der Waals surface area contributed by atoms with Gasteiger partial charge in [0.05, 0.1) is 6.26 Å². The van der Waals surface area contributed by atoms with Crippen molar-refractivity contribution in [2.24, 2.45) is 5.92 Å². The molecule has 0 saturated heterocycles. The summed E-state index contributed by atoms with van der Waals surface area (Å²) < 4.78 is 4.70. The van der Waals surface area contributed by atoms with Crippen LogP contribution >= 0.6 is 0 Å². The van der Waals surface area contributed by atoms with Crippen molar-refractivity contribution in [2.75, 3.05) is 0 Å². The molecule has 0 spiro atoms. The second-order valence-electron chi connectivity index (χ2n) is 8.76. The second kappa shape index (κ2) is 25.7. The highest BCUT2D eigenvalue weighted by Crippen LogP contribution is 2.15. The number of unbranched alkanes of at least 4 members (excludes halogenated alkanes) is 15. The van der Waals surface area contributed by atoms with Gasteiger partial charge in [0, 0.05) is 13.3 Å². The van der Waals surface area contributed by atoms with Crippen LogP contribution in [0.15, 0.2) is 12.8 Å². The molecule has 4 nitrogen and oxygen atoms in total. The lowest BCUT2D eigenvalue weighted by Gasteiger charge is -2.05. The lowest BCUT2D eigenvalue weighted by atomic mass is 10.0. The number of aliphatic carboxylic acids is 1. The van der Waals surface area contributed by atoms with Crippen LogP contribution in [0.3, 0.4) is 0 Å². The SMILES string of the molecule is C=COC(=O)CCCCCCCCCCCCCCCCCCC(C)C.CC(=O)O. The third-order valence-corrected chi connectivity index (χ3v) is 5.13. The van der Waals surface area contributed by atoms with E-state index in [1.165, 1.54) is 103 Å². The molecule has 178 valence electrons. The average molecular weight is 427 g/mol. The molecule has 0 saturated carbocycles. The minimum absolute atomic E-state index is 0.147. The van der Waals surface area contributed by atoms with Gasteiger partial charge in [-0.05, 0) is 12.3 Å². The summed E-state index contributed by atoms with van der Waals surface area (Å²) in [6, 6.07) is 0. The third kappa shape index (κ3) is 34.2. The number of carboxylic acids is 1. The molecule has 4 heteroatoms. The fourth-order valence-electron chi connectivity index (χ4n) is 3.45. The predicted octanol–water partition coefficient (Wildman–Crippen LogP) is 8.44. The highest BCUT2D eigenvalue weighted by molar-refractivity contribution is 5.69. The van der Waals surface area contributed by atoms with Crippen molar-refractivity contribution in [1.82, 2.24) is 0 Å². The summed E-state index contributed by atoms with van der Waals surface area (Å²) in [7, 11) is 0. The molecule has 0 atom stereocenters. The summed E-state index contributed by atoms with van der Waals surface area (Å²) >= 11 is 0. The van der Waals surface area contributed by atoms with Gasteiger partial charge in [0.25, 0.3) is 5.97 Å². The molecule has 0 aliphatic heterocycles. The van der Waals surface area contributed by atoms with Crippen LogP contribution in [0.25, 0.3) is 0 Å². The van der Waals surface area contributed by atoms with Crippen molar-refractivity contribution in [2.45, 2.75) is 136 Å². The average Bonchev–Trinajstić information content (AvgIpc) is 2.66. The Bertz CT molecular complexity index is 386. The van der Waals surface area contributed by atoms with Gasteiger partial charge in [0.15, 0.2) is 0 Å². The Morgan fingerprint density at radius 2 is 1.03 bits per heavy atom. The van der Waals surface area contributed by atoms with Crippen molar-refractivity contribution < 1.29 is 19.4 Å². The summed E-state index contributed by atoms with van der Waals surface area (Å²) in [6.07, 6.45) is 24.9. The standard InChI is InChI=1S/C24H46O2.C2H4O2/c1-4-26-24(25)22-20-18-16-14-12-10-8-6-5-7-9-11-13-15-17-19-21-23(2)3;1-2(3)4/h4,23H,1,5-22H2,2-3H3;1H3,(H,3,4). The van der Waals surface area contributed by atoms with Gasteiger partial charge in [-0.2, -0.15) is 0 Å². The minimum Gasteiger partial charge on any atom is -0.481 e. The molecule has 0 aliphatic rings. The molecular weight excluding hydrogens is 376 g/mol. The van der Waals surface area contributed by atoms with Crippen molar-refractivity contribution in [3.63, 3.8) is 0 Å². The summed E-state index contributed by atoms with van der Waals surface area (Å²) in [5.74, 6) is -0.103. The van der Waals surface area contributed by atoms with Crippen LogP contribution < -0.4 is 0 Å². The zero-order valence-electron chi connectivity index (χ0n) is 20.3. The number of carbonyl (C=O) groups is 2. The summed E-state index contributed by atoms with van der Waals surface area (Å²) in [6.45, 7) is 9.12. The van der Waals surface area contributed by atoms with Gasteiger partial charge in [0.1, 0.15) is 0 Å². The van der Waals surface area contributed by atoms with E-state index in [2.05, 4.69) is 20.4 Å². The normalized spacial score (nSPS) is 10.4. The molecule has 0 unspecified atom stereocenters. The first-order valence-electron chi connectivity index (χ1n) is 12.4. The lowest BCUT2D eigenvalue weighted by Crippen LogP contribution is -1.98. The van der Waals surface area contributed by atoms with Crippen LogP contribution in [-0.4, -0.2) is 17.0 Å². The van der Waals surface area contributed by atoms with Crippen molar-refractivity contribution in [3.05, 3.63) is 12.8 Å². The fourth-order valence-corrected chi connectivity index (χ4v) is 3.45. The van der Waals surface area contributed by atoms with E-state index in [4.69, 9.17) is 14.6 Å². The van der Waals surface area contributed by atoms with Gasteiger partial charge < -0.3 is 9.84 Å². The predicted molar refractivity (Wildman–Crippen MR) is 128 cm³/mol. The number of esters is 1. The minimum atomic E-state index is -0.833. The van der Waals surface area contributed by atoms with E-state index in [-0.39, 0.29) is 5.97 Å². The first-order valence-corrected chi connectivity index (χ1v) is 12.4. The van der Waals surface area contributed by atoms with Crippen molar-refractivity contribution >= 4 is 11.9 Å². The smallest absolute Gasteiger partial charge is 0.310 e. The largest absolute Gasteiger partial charge is 0.481 e. The molecular formula is C26H50O4. The van der Waals surface area contributed by atoms with Crippen LogP contribution in [0, 0.1) is 5.92 Å². The van der Waals surface area contributed by atoms with E-state index in [0.717, 1.165) is 25.7 Å². The Hall–Kier alpha value is -1.32. The van der Waals surface area contributed by atoms with Crippen LogP contribution in [0.1, 0.15) is 136 Å². The molecule has 0 rings (SSSR count). The fraction of sp³-hybridized carbons (Fsp3) is 0.846. The number of hydrogen-bond acceptors (Lipinski definition) is 3. The zero-order valence-corrected chi connectivity index (χ0v) is 20.3. The maximum absolute atomic E-state index is 11.1. The molecule has 0 aromatic rings. The highest BCUT2D eigenvalue weighted by Gasteiger charge is 2.00. The Morgan fingerprint density at radius 1 is 0.733 bits per heavy atom. The molecule has 0 bridgehead atoms. The van der Waals surface area contributed by atoms with Crippen LogP contribution in [-0.2, 0) is 14.3 Å². The molecule has 0 heterocycles. The van der Waals surface area contributed by atoms with E-state index in [0.29, 0.717) is 6.42 Å². The Morgan fingerprint density at radius 3 is 1.33 bits per heavy atom. The molecule has 0 fully saturated rings. The van der Waals surface area contributed by atoms with Crippen molar-refractivity contribution in [1.29, 1.82) is 0 Å². The molecule has 0 radical (unpaired) electrons. The zero-order chi connectivity index (χ0) is 22.9. The van der Waals surface area contributed by atoms with Crippen molar-refractivity contribution in [3.8, 4) is 0 Å². The van der Waals surface area contributed by atoms with E-state index in [9.17, 15) is 4.79 Å². The first kappa shape index (κ1) is 30.9. The van der Waals surface area contributed by atoms with Crippen LogP contribution in [0.2, 0.25) is 0 Å². The molecule has 30 heavy (non-hydrogen) atoms. The monoisotopic (exact) mass is 426 g/mol. The van der Waals surface area contributed by atoms with Gasteiger partial charge in [-0.3, -0.25) is 9.59 Å². The summed E-state index contributed by atoms with van der Waals surface area (Å²) in [5.41, 5.74) is 0. The molecule has 0 amide bonds. The summed E-state index contributed by atoms with van der Waals surface area (Å²) in [4.78, 5) is 20.1. The van der Waals surface area contributed by atoms with Crippen LogP contribution in [0.5, 0.6) is 0 Å². The molecule has 0 aromatic heterocycles. The second-order valence-corrected chi connectivity index (χ2v) is 8.76. The molecule has 0 aliphatic carbocycles. The quantitative estimate of drug-likeness (QED) is 0.120. The van der Waals surface area contributed by atoms with E-state index >= 15 is 0 Å². The van der Waals surface area contributed by atoms with Gasteiger partial charge in [0.2, 0.25) is 0 Å². The number of hydrogen-bond donors (Lipinski definition) is 1. The number of ether oxygens (including phenoxy) is 1. The van der Waals surface area contributed by atoms with Gasteiger partial charge in [-0.15, -0.1) is 0 Å². The third-order valence-electron chi connectivity index (χ3n) is 5.13. The first-order chi connectivity index (χ1) is 14.4. The molecule has 1 N–H and O–H groups in total. The number of carboxylic acid groups (broad SMARTS) is 1. The lowest BCUT2D eigenvalue weighted by molar-refractivity contribution is -0.138.